The molecular weight excluding hydrogens is 306 g/mol. The molecule has 1 amide bonds. The molecule has 3 aliphatic heterocycles. The number of rotatable bonds is 4. The number of anilines is 1. The lowest BCUT2D eigenvalue weighted by atomic mass is 9.74. The van der Waals surface area contributed by atoms with Gasteiger partial charge in [0.15, 0.2) is 0 Å². The van der Waals surface area contributed by atoms with E-state index in [4.69, 9.17) is 4.74 Å². The number of ether oxygens (including phenoxy) is 1. The molecule has 3 aliphatic rings. The summed E-state index contributed by atoms with van der Waals surface area (Å²) in [7, 11) is 0. The maximum atomic E-state index is 13.2. The van der Waals surface area contributed by atoms with Crippen molar-refractivity contribution < 1.29 is 19.4 Å². The molecule has 5 atom stereocenters. The van der Waals surface area contributed by atoms with Gasteiger partial charge in [0.2, 0.25) is 5.91 Å². The summed E-state index contributed by atoms with van der Waals surface area (Å²) < 4.78 is 6.10. The Balaban J connectivity index is 1.85. The van der Waals surface area contributed by atoms with Crippen LogP contribution in [0.2, 0.25) is 0 Å². The predicted octanol–water partition coefficient (Wildman–Crippen LogP) is 2.39. The Labute approximate surface area is 140 Å². The van der Waals surface area contributed by atoms with E-state index in [2.05, 4.69) is 6.58 Å². The molecule has 0 radical (unpaired) electrons. The molecule has 5 heteroatoms. The summed E-state index contributed by atoms with van der Waals surface area (Å²) in [4.78, 5) is 26.7. The monoisotopic (exact) mass is 325 g/mol. The standard InChI is InChI=1S/C19H19NO4/c1-11(2)10-14-19-9-8-13(24-19)15(18(22)23)16(19)17(21)20(14)12-6-4-3-5-7-12/h3-9,13-16H,1,10H2,2H3,(H,22,23)/t13-,14-,15+,16+,19-/m0/s1. The van der Waals surface area contributed by atoms with Gasteiger partial charge in [-0.3, -0.25) is 9.59 Å². The van der Waals surface area contributed by atoms with Crippen molar-refractivity contribution in [2.75, 3.05) is 4.90 Å². The van der Waals surface area contributed by atoms with Crippen LogP contribution in [0.25, 0.3) is 0 Å². The number of hydrogen-bond acceptors (Lipinski definition) is 3. The summed E-state index contributed by atoms with van der Waals surface area (Å²) in [6.07, 6.45) is 3.74. The van der Waals surface area contributed by atoms with Crippen molar-refractivity contribution in [3.05, 3.63) is 54.6 Å². The molecule has 1 aromatic rings. The molecular formula is C19H19NO4. The van der Waals surface area contributed by atoms with E-state index >= 15 is 0 Å². The third kappa shape index (κ3) is 1.85. The van der Waals surface area contributed by atoms with Gasteiger partial charge in [0.1, 0.15) is 11.5 Å². The number of aliphatic carboxylic acids is 1. The summed E-state index contributed by atoms with van der Waals surface area (Å²) in [5.41, 5.74) is 0.824. The Hall–Kier alpha value is -2.40. The van der Waals surface area contributed by atoms with Crippen molar-refractivity contribution in [1.82, 2.24) is 0 Å². The van der Waals surface area contributed by atoms with Crippen LogP contribution in [0, 0.1) is 11.8 Å². The average Bonchev–Trinajstić information content (AvgIpc) is 3.17. The minimum absolute atomic E-state index is 0.174. The number of para-hydroxylation sites is 1. The van der Waals surface area contributed by atoms with Gasteiger partial charge in [-0.05, 0) is 25.5 Å². The molecule has 3 heterocycles. The number of hydrogen-bond donors (Lipinski definition) is 1. The fourth-order valence-corrected chi connectivity index (χ4v) is 4.41. The zero-order chi connectivity index (χ0) is 17.1. The number of carboxylic acid groups (broad SMARTS) is 1. The minimum atomic E-state index is -0.978. The van der Waals surface area contributed by atoms with Gasteiger partial charge in [-0.2, -0.15) is 0 Å². The molecule has 0 saturated carbocycles. The van der Waals surface area contributed by atoms with Crippen molar-refractivity contribution in [3.8, 4) is 0 Å². The minimum Gasteiger partial charge on any atom is -0.481 e. The molecule has 0 aliphatic carbocycles. The zero-order valence-electron chi connectivity index (χ0n) is 13.4. The fourth-order valence-electron chi connectivity index (χ4n) is 4.41. The van der Waals surface area contributed by atoms with Crippen LogP contribution in [0.5, 0.6) is 0 Å². The van der Waals surface area contributed by atoms with Gasteiger partial charge in [0.25, 0.3) is 0 Å². The molecule has 2 fully saturated rings. The van der Waals surface area contributed by atoms with Gasteiger partial charge in [-0.15, -0.1) is 6.58 Å². The van der Waals surface area contributed by atoms with Crippen molar-refractivity contribution in [2.45, 2.75) is 31.1 Å². The maximum Gasteiger partial charge on any atom is 0.310 e. The predicted molar refractivity (Wildman–Crippen MR) is 88.5 cm³/mol. The highest BCUT2D eigenvalue weighted by Crippen LogP contribution is 2.56. The highest BCUT2D eigenvalue weighted by molar-refractivity contribution is 6.03. The number of nitrogens with zero attached hydrogens (tertiary/aromatic N) is 1. The lowest BCUT2D eigenvalue weighted by Crippen LogP contribution is -2.45. The number of carbonyl (C=O) groups excluding carboxylic acids is 1. The summed E-state index contributed by atoms with van der Waals surface area (Å²) in [5.74, 6) is -2.67. The Kier molecular flexibility index (Phi) is 3.18. The van der Waals surface area contributed by atoms with Crippen LogP contribution in [0.4, 0.5) is 5.69 Å². The van der Waals surface area contributed by atoms with Gasteiger partial charge in [0.05, 0.1) is 18.1 Å². The van der Waals surface area contributed by atoms with Gasteiger partial charge in [-0.1, -0.05) is 35.9 Å². The lowest BCUT2D eigenvalue weighted by molar-refractivity contribution is -0.146. The molecule has 124 valence electrons. The normalized spacial score (nSPS) is 36.2. The van der Waals surface area contributed by atoms with Gasteiger partial charge in [0, 0.05) is 5.69 Å². The fraction of sp³-hybridized carbons (Fsp3) is 0.368. The summed E-state index contributed by atoms with van der Waals surface area (Å²) in [6, 6.07) is 9.09. The molecule has 1 aromatic carbocycles. The van der Waals surface area contributed by atoms with Crippen molar-refractivity contribution in [3.63, 3.8) is 0 Å². The van der Waals surface area contributed by atoms with Crippen molar-refractivity contribution >= 4 is 17.6 Å². The van der Waals surface area contributed by atoms with Crippen LogP contribution in [-0.2, 0) is 14.3 Å². The Bertz CT molecular complexity index is 756. The zero-order valence-corrected chi connectivity index (χ0v) is 13.4. The quantitative estimate of drug-likeness (QED) is 0.863. The first kappa shape index (κ1) is 15.1. The first-order valence-electron chi connectivity index (χ1n) is 8.08. The van der Waals surface area contributed by atoms with E-state index < -0.39 is 29.5 Å². The van der Waals surface area contributed by atoms with Crippen LogP contribution >= 0.6 is 0 Å². The van der Waals surface area contributed by atoms with Gasteiger partial charge >= 0.3 is 5.97 Å². The van der Waals surface area contributed by atoms with Crippen LogP contribution in [0.1, 0.15) is 13.3 Å². The number of amides is 1. The number of carboxylic acids is 1. The highest BCUT2D eigenvalue weighted by Gasteiger charge is 2.71. The van der Waals surface area contributed by atoms with Crippen molar-refractivity contribution in [1.29, 1.82) is 0 Å². The van der Waals surface area contributed by atoms with E-state index in [1.807, 2.05) is 43.3 Å². The molecule has 24 heavy (non-hydrogen) atoms. The molecule has 2 bridgehead atoms. The largest absolute Gasteiger partial charge is 0.481 e. The Morgan fingerprint density at radius 2 is 2.08 bits per heavy atom. The summed E-state index contributed by atoms with van der Waals surface area (Å²) >= 11 is 0. The Morgan fingerprint density at radius 1 is 1.38 bits per heavy atom. The molecule has 1 N–H and O–H groups in total. The van der Waals surface area contributed by atoms with E-state index in [9.17, 15) is 14.7 Å². The SMILES string of the molecule is C=C(C)C[C@@H]1N(c2ccccc2)C(=O)[C@H]2[C@H](C(=O)O)[C@@H]3C=C[C@]12O3. The van der Waals surface area contributed by atoms with Crippen molar-refractivity contribution in [2.24, 2.45) is 11.8 Å². The first-order chi connectivity index (χ1) is 11.5. The summed E-state index contributed by atoms with van der Waals surface area (Å²) in [5, 5.41) is 9.62. The van der Waals surface area contributed by atoms with E-state index in [-0.39, 0.29) is 11.9 Å². The topological polar surface area (TPSA) is 66.8 Å². The average molecular weight is 325 g/mol. The van der Waals surface area contributed by atoms with E-state index in [0.29, 0.717) is 6.42 Å². The molecule has 4 rings (SSSR count). The smallest absolute Gasteiger partial charge is 0.310 e. The third-order valence-corrected chi connectivity index (χ3v) is 5.28. The second-order valence-corrected chi connectivity index (χ2v) is 6.86. The van der Waals surface area contributed by atoms with E-state index in [1.54, 1.807) is 11.0 Å². The second-order valence-electron chi connectivity index (χ2n) is 6.86. The third-order valence-electron chi connectivity index (χ3n) is 5.28. The number of carbonyl (C=O) groups is 2. The van der Waals surface area contributed by atoms with Crippen LogP contribution < -0.4 is 4.90 Å². The number of fused-ring (bicyclic) bond motifs is 1. The number of benzene rings is 1. The van der Waals surface area contributed by atoms with Gasteiger partial charge in [-0.25, -0.2) is 0 Å². The van der Waals surface area contributed by atoms with Crippen LogP contribution in [-0.4, -0.2) is 34.7 Å². The Morgan fingerprint density at radius 3 is 2.71 bits per heavy atom. The molecule has 0 unspecified atom stereocenters. The maximum absolute atomic E-state index is 13.2. The summed E-state index contributed by atoms with van der Waals surface area (Å²) in [6.45, 7) is 5.90. The van der Waals surface area contributed by atoms with Crippen LogP contribution in [0.3, 0.4) is 0 Å². The van der Waals surface area contributed by atoms with E-state index in [0.717, 1.165) is 11.3 Å². The molecule has 5 nitrogen and oxygen atoms in total. The molecule has 1 spiro atoms. The highest BCUT2D eigenvalue weighted by atomic mass is 16.5. The molecule has 2 saturated heterocycles. The van der Waals surface area contributed by atoms with Gasteiger partial charge < -0.3 is 14.7 Å². The first-order valence-corrected chi connectivity index (χ1v) is 8.08. The lowest BCUT2D eigenvalue weighted by Gasteiger charge is -2.33. The van der Waals surface area contributed by atoms with Crippen LogP contribution in [0.15, 0.2) is 54.6 Å². The molecule has 0 aromatic heterocycles. The second kappa shape index (κ2) is 5.05. The van der Waals surface area contributed by atoms with E-state index in [1.165, 1.54) is 0 Å².